The highest BCUT2D eigenvalue weighted by Gasteiger charge is 2.28. The lowest BCUT2D eigenvalue weighted by Gasteiger charge is -2.25. The van der Waals surface area contributed by atoms with Crippen LogP contribution in [-0.2, 0) is 27.7 Å². The molecule has 0 fully saturated rings. The van der Waals surface area contributed by atoms with Crippen LogP contribution in [0.1, 0.15) is 63.0 Å². The highest BCUT2D eigenvalue weighted by molar-refractivity contribution is 7.89. The minimum Gasteiger partial charge on any atom is -0.493 e. The number of ether oxygens (including phenoxy) is 5. The lowest BCUT2D eigenvalue weighted by atomic mass is 10.1. The number of sulfonamides is 1. The first-order valence-electron chi connectivity index (χ1n) is 16.4. The second-order valence-electron chi connectivity index (χ2n) is 11.6. The summed E-state index contributed by atoms with van der Waals surface area (Å²) in [6.07, 6.45) is 5.33. The van der Waals surface area contributed by atoms with Gasteiger partial charge in [0, 0.05) is 33.2 Å². The summed E-state index contributed by atoms with van der Waals surface area (Å²) >= 11 is 0. The van der Waals surface area contributed by atoms with E-state index < -0.39 is 10.0 Å². The van der Waals surface area contributed by atoms with Crippen molar-refractivity contribution in [3.05, 3.63) is 57.8 Å². The van der Waals surface area contributed by atoms with Crippen LogP contribution in [-0.4, -0.2) is 79.5 Å². The molecule has 0 aliphatic carbocycles. The first-order chi connectivity index (χ1) is 23.2. The Balaban J connectivity index is 1.56. The third kappa shape index (κ3) is 7.61. The minimum atomic E-state index is -4.09. The Morgan fingerprint density at radius 2 is 1.83 bits per heavy atom. The molecule has 260 valence electrons. The van der Waals surface area contributed by atoms with Crippen LogP contribution in [0.15, 0.2) is 40.0 Å². The third-order valence-corrected chi connectivity index (χ3v) is 9.98. The Morgan fingerprint density at radius 3 is 2.58 bits per heavy atom. The lowest BCUT2D eigenvalue weighted by Crippen LogP contribution is -2.32. The Labute approximate surface area is 281 Å². The summed E-state index contributed by atoms with van der Waals surface area (Å²) in [5, 5.41) is 4.78. The van der Waals surface area contributed by atoms with Gasteiger partial charge >= 0.3 is 0 Å². The number of imidazole rings is 1. The molecule has 0 radical (unpaired) electrons. The maximum Gasteiger partial charge on any atom is 0.277 e. The molecular weight excluding hydrogens is 638 g/mol. The van der Waals surface area contributed by atoms with E-state index in [9.17, 15) is 13.2 Å². The van der Waals surface area contributed by atoms with Gasteiger partial charge in [-0.2, -0.15) is 4.31 Å². The maximum atomic E-state index is 14.4. The van der Waals surface area contributed by atoms with E-state index in [1.807, 2.05) is 6.92 Å². The average molecular weight is 684 g/mol. The zero-order chi connectivity index (χ0) is 34.3. The molecule has 1 N–H and O–H groups in total. The summed E-state index contributed by atoms with van der Waals surface area (Å²) in [4.78, 5) is 20.9. The van der Waals surface area contributed by atoms with Crippen LogP contribution in [0.3, 0.4) is 0 Å². The number of rotatable bonds is 17. The molecule has 0 amide bonds. The highest BCUT2D eigenvalue weighted by atomic mass is 32.2. The first kappa shape index (κ1) is 35.2. The molecule has 0 bridgehead atoms. The van der Waals surface area contributed by atoms with Crippen LogP contribution in [0, 0.1) is 6.92 Å². The average Bonchev–Trinajstić information content (AvgIpc) is 3.41. The fourth-order valence-corrected chi connectivity index (χ4v) is 7.30. The second-order valence-corrected chi connectivity index (χ2v) is 13.5. The van der Waals surface area contributed by atoms with Crippen molar-refractivity contribution in [3.63, 3.8) is 0 Å². The van der Waals surface area contributed by atoms with Crippen molar-refractivity contribution in [2.24, 2.45) is 0 Å². The molecule has 0 unspecified atom stereocenters. The van der Waals surface area contributed by atoms with Gasteiger partial charge in [0.2, 0.25) is 15.8 Å². The number of aromatic nitrogens is 4. The van der Waals surface area contributed by atoms with E-state index in [-0.39, 0.29) is 29.4 Å². The Bertz CT molecular complexity index is 1870. The Hall–Kier alpha value is -4.14. The van der Waals surface area contributed by atoms with Gasteiger partial charge < -0.3 is 28.7 Å². The summed E-state index contributed by atoms with van der Waals surface area (Å²) in [7, 11) is -0.981. The van der Waals surface area contributed by atoms with Gasteiger partial charge in [-0.25, -0.2) is 17.9 Å². The SMILES string of the molecule is CCCCCCc1nc(C)c2c(=O)[nH]c(-c3cc(S(=O)(=O)N(CCCOC)Cc4cc(OC)c5c(c4)OCCO5)ccc3OCC)nn12. The second kappa shape index (κ2) is 15.8. The smallest absolute Gasteiger partial charge is 0.277 e. The summed E-state index contributed by atoms with van der Waals surface area (Å²) in [6, 6.07) is 8.14. The minimum absolute atomic E-state index is 0.0206. The molecule has 2 aromatic carbocycles. The van der Waals surface area contributed by atoms with Crippen LogP contribution in [0.5, 0.6) is 23.0 Å². The number of nitrogens with one attached hydrogen (secondary N) is 1. The fourth-order valence-electron chi connectivity index (χ4n) is 5.81. The standard InChI is InChI=1S/C34H45N5O8S/c1-6-8-9-10-12-30-35-23(3)31-34(40)36-33(37-39(30)31)26-21-25(13-14-27(26)45-7-2)48(41,42)38(15-11-16-43-4)22-24-19-28(44-5)32-29(20-24)46-17-18-47-32/h13-14,19-21H,6-12,15-18,22H2,1-5H3,(H,36,37,40). The predicted octanol–water partition coefficient (Wildman–Crippen LogP) is 4.92. The summed E-state index contributed by atoms with van der Waals surface area (Å²) in [5.74, 6) is 2.72. The monoisotopic (exact) mass is 683 g/mol. The molecule has 0 atom stereocenters. The number of aryl methyl sites for hydroxylation is 2. The van der Waals surface area contributed by atoms with Gasteiger partial charge in [-0.15, -0.1) is 5.10 Å². The topological polar surface area (TPSA) is 147 Å². The number of aromatic amines is 1. The molecule has 0 saturated heterocycles. The maximum absolute atomic E-state index is 14.4. The van der Waals surface area contributed by atoms with Crippen LogP contribution >= 0.6 is 0 Å². The van der Waals surface area contributed by atoms with Gasteiger partial charge in [0.05, 0.1) is 29.9 Å². The van der Waals surface area contributed by atoms with Gasteiger partial charge in [-0.1, -0.05) is 26.2 Å². The fraction of sp³-hybridized carbons (Fsp3) is 0.500. The lowest BCUT2D eigenvalue weighted by molar-refractivity contribution is 0.164. The van der Waals surface area contributed by atoms with Crippen molar-refractivity contribution in [1.82, 2.24) is 23.9 Å². The number of hydrogen-bond acceptors (Lipinski definition) is 10. The number of H-pyrrole nitrogens is 1. The normalized spacial score (nSPS) is 13.0. The summed E-state index contributed by atoms with van der Waals surface area (Å²) in [6.45, 7) is 7.48. The van der Waals surface area contributed by atoms with E-state index in [1.165, 1.54) is 23.5 Å². The number of nitrogens with zero attached hydrogens (tertiary/aromatic N) is 4. The zero-order valence-electron chi connectivity index (χ0n) is 28.3. The zero-order valence-corrected chi connectivity index (χ0v) is 29.2. The number of fused-ring (bicyclic) bond motifs is 2. The van der Waals surface area contributed by atoms with Crippen molar-refractivity contribution in [2.45, 2.75) is 70.7 Å². The van der Waals surface area contributed by atoms with E-state index in [2.05, 4.69) is 16.9 Å². The summed E-state index contributed by atoms with van der Waals surface area (Å²) < 4.78 is 59.9. The van der Waals surface area contributed by atoms with Gasteiger partial charge in [0.1, 0.15) is 24.8 Å². The quantitative estimate of drug-likeness (QED) is 0.152. The molecular formula is C34H45N5O8S. The molecule has 0 spiro atoms. The van der Waals surface area contributed by atoms with E-state index in [4.69, 9.17) is 28.8 Å². The Morgan fingerprint density at radius 1 is 1.02 bits per heavy atom. The van der Waals surface area contributed by atoms with Gasteiger partial charge in [-0.05, 0) is 62.6 Å². The molecule has 13 nitrogen and oxygen atoms in total. The van der Waals surface area contributed by atoms with Crippen LogP contribution in [0.2, 0.25) is 0 Å². The van der Waals surface area contributed by atoms with Crippen LogP contribution in [0.4, 0.5) is 0 Å². The van der Waals surface area contributed by atoms with Crippen LogP contribution in [0.25, 0.3) is 16.9 Å². The molecule has 2 aromatic heterocycles. The van der Waals surface area contributed by atoms with E-state index >= 15 is 0 Å². The molecule has 0 saturated carbocycles. The van der Waals surface area contributed by atoms with Gasteiger partial charge in [0.25, 0.3) is 5.56 Å². The largest absolute Gasteiger partial charge is 0.493 e. The van der Waals surface area contributed by atoms with E-state index in [1.54, 1.807) is 36.7 Å². The molecule has 14 heteroatoms. The molecule has 5 rings (SSSR count). The number of benzene rings is 2. The number of methoxy groups -OCH3 is 2. The molecule has 1 aliphatic heterocycles. The van der Waals surface area contributed by atoms with E-state index in [0.717, 1.165) is 25.7 Å². The van der Waals surface area contributed by atoms with E-state index in [0.29, 0.717) is 90.4 Å². The number of hydrogen-bond donors (Lipinski definition) is 1. The van der Waals surface area contributed by atoms with Crippen molar-refractivity contribution in [1.29, 1.82) is 0 Å². The molecule has 48 heavy (non-hydrogen) atoms. The molecule has 1 aliphatic rings. The molecule has 4 aromatic rings. The number of unbranched alkanes of at least 4 members (excludes halogenated alkanes) is 3. The first-order valence-corrected chi connectivity index (χ1v) is 17.9. The third-order valence-electron chi connectivity index (χ3n) is 8.14. The molecule has 3 heterocycles. The predicted molar refractivity (Wildman–Crippen MR) is 181 cm³/mol. The van der Waals surface area contributed by atoms with Crippen molar-refractivity contribution >= 4 is 15.5 Å². The van der Waals surface area contributed by atoms with Gasteiger partial charge in [0.15, 0.2) is 22.8 Å². The summed E-state index contributed by atoms with van der Waals surface area (Å²) in [5.41, 5.74) is 1.60. The van der Waals surface area contributed by atoms with Crippen molar-refractivity contribution < 1.29 is 32.1 Å². The van der Waals surface area contributed by atoms with Crippen molar-refractivity contribution in [2.75, 3.05) is 47.2 Å². The highest BCUT2D eigenvalue weighted by Crippen LogP contribution is 2.41. The Kier molecular flexibility index (Phi) is 11.6. The van der Waals surface area contributed by atoms with Crippen LogP contribution < -0.4 is 24.5 Å². The van der Waals surface area contributed by atoms with Gasteiger partial charge in [-0.3, -0.25) is 4.79 Å². The van der Waals surface area contributed by atoms with Crippen molar-refractivity contribution in [3.8, 4) is 34.4 Å².